The van der Waals surface area contributed by atoms with Crippen molar-refractivity contribution in [1.29, 1.82) is 0 Å². The highest BCUT2D eigenvalue weighted by Crippen LogP contribution is 2.35. The molecule has 1 unspecified atom stereocenters. The number of benzene rings is 2. The van der Waals surface area contributed by atoms with E-state index in [4.69, 9.17) is 10.5 Å². The molecule has 0 aromatic heterocycles. The number of nitrogens with two attached hydrogens (primary N) is 1. The van der Waals surface area contributed by atoms with Crippen LogP contribution in [0.25, 0.3) is 0 Å². The van der Waals surface area contributed by atoms with E-state index < -0.39 is 0 Å². The maximum atomic E-state index is 13.3. The molecule has 0 saturated heterocycles. The minimum absolute atomic E-state index is 0.0551. The monoisotopic (exact) mass is 271 g/mol. The molecule has 0 amide bonds. The van der Waals surface area contributed by atoms with E-state index in [1.165, 1.54) is 17.7 Å². The Labute approximate surface area is 118 Å². The van der Waals surface area contributed by atoms with Crippen LogP contribution in [0, 0.1) is 5.82 Å². The summed E-state index contributed by atoms with van der Waals surface area (Å²) in [5.74, 6) is 0.321. The standard InChI is InChI=1S/C17H18FNO/c18-13-7-9-15-16(19)11-14(20-17(15)10-13)8-6-12-4-2-1-3-5-12/h1-5,7,9-10,14,16H,6,8,11,19H2/t14?,16-/m1/s1. The molecule has 2 N–H and O–H groups in total. The third kappa shape index (κ3) is 2.83. The molecule has 20 heavy (non-hydrogen) atoms. The van der Waals surface area contributed by atoms with Gasteiger partial charge in [-0.15, -0.1) is 0 Å². The van der Waals surface area contributed by atoms with E-state index in [9.17, 15) is 4.39 Å². The third-order valence-electron chi connectivity index (χ3n) is 3.78. The molecule has 3 rings (SSSR count). The first-order valence-electron chi connectivity index (χ1n) is 6.98. The number of rotatable bonds is 3. The van der Waals surface area contributed by atoms with Gasteiger partial charge in [-0.05, 0) is 24.5 Å². The summed E-state index contributed by atoms with van der Waals surface area (Å²) in [4.78, 5) is 0. The Balaban J connectivity index is 1.68. The summed E-state index contributed by atoms with van der Waals surface area (Å²) in [5.41, 5.74) is 8.35. The number of halogens is 1. The summed E-state index contributed by atoms with van der Waals surface area (Å²) >= 11 is 0. The zero-order chi connectivity index (χ0) is 13.9. The summed E-state index contributed by atoms with van der Waals surface area (Å²) in [6, 6.07) is 14.8. The molecular weight excluding hydrogens is 253 g/mol. The highest BCUT2D eigenvalue weighted by atomic mass is 19.1. The minimum Gasteiger partial charge on any atom is -0.490 e. The first kappa shape index (κ1) is 13.1. The van der Waals surface area contributed by atoms with Gasteiger partial charge in [0.05, 0.1) is 0 Å². The Kier molecular flexibility index (Phi) is 3.70. The summed E-state index contributed by atoms with van der Waals surface area (Å²) in [7, 11) is 0. The first-order valence-corrected chi connectivity index (χ1v) is 6.98. The van der Waals surface area contributed by atoms with Crippen LogP contribution in [0.1, 0.15) is 30.0 Å². The molecule has 2 aromatic rings. The van der Waals surface area contributed by atoms with Crippen LogP contribution in [0.4, 0.5) is 4.39 Å². The highest BCUT2D eigenvalue weighted by molar-refractivity contribution is 5.38. The first-order chi connectivity index (χ1) is 9.72. The lowest BCUT2D eigenvalue weighted by Gasteiger charge is -2.30. The lowest BCUT2D eigenvalue weighted by Crippen LogP contribution is -2.30. The molecule has 0 fully saturated rings. The van der Waals surface area contributed by atoms with Crippen molar-refractivity contribution in [2.75, 3.05) is 0 Å². The summed E-state index contributed by atoms with van der Waals surface area (Å²) in [6.07, 6.45) is 2.68. The lowest BCUT2D eigenvalue weighted by atomic mass is 9.94. The lowest BCUT2D eigenvalue weighted by molar-refractivity contribution is 0.149. The van der Waals surface area contributed by atoms with Gasteiger partial charge in [-0.25, -0.2) is 4.39 Å². The maximum absolute atomic E-state index is 13.3. The predicted molar refractivity (Wildman–Crippen MR) is 77.1 cm³/mol. The van der Waals surface area contributed by atoms with Gasteiger partial charge in [0.15, 0.2) is 0 Å². The SMILES string of the molecule is N[C@@H]1CC(CCc2ccccc2)Oc2cc(F)ccc21. The van der Waals surface area contributed by atoms with Crippen molar-refractivity contribution < 1.29 is 9.13 Å². The van der Waals surface area contributed by atoms with E-state index in [1.54, 1.807) is 6.07 Å². The van der Waals surface area contributed by atoms with Crippen molar-refractivity contribution in [3.05, 3.63) is 65.5 Å². The van der Waals surface area contributed by atoms with Gasteiger partial charge in [0.1, 0.15) is 17.7 Å². The molecular formula is C17H18FNO. The van der Waals surface area contributed by atoms with Crippen LogP contribution in [-0.4, -0.2) is 6.10 Å². The molecule has 0 radical (unpaired) electrons. The average Bonchev–Trinajstić information content (AvgIpc) is 2.46. The fourth-order valence-electron chi connectivity index (χ4n) is 2.70. The maximum Gasteiger partial charge on any atom is 0.127 e. The Morgan fingerprint density at radius 1 is 1.15 bits per heavy atom. The molecule has 0 bridgehead atoms. The molecule has 0 spiro atoms. The molecule has 0 aliphatic carbocycles. The molecule has 3 heteroatoms. The van der Waals surface area contributed by atoms with Crippen molar-refractivity contribution in [3.8, 4) is 5.75 Å². The van der Waals surface area contributed by atoms with Crippen LogP contribution in [0.3, 0.4) is 0 Å². The van der Waals surface area contributed by atoms with E-state index in [0.717, 1.165) is 24.8 Å². The molecule has 1 heterocycles. The molecule has 2 atom stereocenters. The van der Waals surface area contributed by atoms with Crippen LogP contribution >= 0.6 is 0 Å². The zero-order valence-corrected chi connectivity index (χ0v) is 11.3. The van der Waals surface area contributed by atoms with Crippen LogP contribution in [0.15, 0.2) is 48.5 Å². The zero-order valence-electron chi connectivity index (χ0n) is 11.3. The second-order valence-corrected chi connectivity index (χ2v) is 5.29. The van der Waals surface area contributed by atoms with Crippen LogP contribution < -0.4 is 10.5 Å². The largest absolute Gasteiger partial charge is 0.490 e. The Morgan fingerprint density at radius 3 is 2.75 bits per heavy atom. The number of ether oxygens (including phenoxy) is 1. The number of hydrogen-bond donors (Lipinski definition) is 1. The van der Waals surface area contributed by atoms with E-state index >= 15 is 0 Å². The average molecular weight is 271 g/mol. The van der Waals surface area contributed by atoms with Crippen LogP contribution in [-0.2, 0) is 6.42 Å². The fraction of sp³-hybridized carbons (Fsp3) is 0.294. The van der Waals surface area contributed by atoms with Crippen LogP contribution in [0.2, 0.25) is 0 Å². The predicted octanol–water partition coefficient (Wildman–Crippen LogP) is 3.61. The molecule has 1 aliphatic heterocycles. The normalized spacial score (nSPS) is 21.1. The van der Waals surface area contributed by atoms with Gasteiger partial charge >= 0.3 is 0 Å². The van der Waals surface area contributed by atoms with E-state index in [2.05, 4.69) is 12.1 Å². The quantitative estimate of drug-likeness (QED) is 0.925. The van der Waals surface area contributed by atoms with Gasteiger partial charge in [-0.3, -0.25) is 0 Å². The van der Waals surface area contributed by atoms with E-state index in [-0.39, 0.29) is 18.0 Å². The topological polar surface area (TPSA) is 35.2 Å². The van der Waals surface area contributed by atoms with Gasteiger partial charge in [-0.1, -0.05) is 36.4 Å². The van der Waals surface area contributed by atoms with Gasteiger partial charge in [0, 0.05) is 24.1 Å². The van der Waals surface area contributed by atoms with E-state index in [0.29, 0.717) is 5.75 Å². The second kappa shape index (κ2) is 5.63. The van der Waals surface area contributed by atoms with Crippen molar-refractivity contribution in [2.45, 2.75) is 31.4 Å². The number of fused-ring (bicyclic) bond motifs is 1. The van der Waals surface area contributed by atoms with Gasteiger partial charge in [0.2, 0.25) is 0 Å². The Morgan fingerprint density at radius 2 is 1.95 bits per heavy atom. The summed E-state index contributed by atoms with van der Waals surface area (Å²) in [6.45, 7) is 0. The number of aryl methyl sites for hydroxylation is 1. The van der Waals surface area contributed by atoms with Gasteiger partial charge in [0.25, 0.3) is 0 Å². The molecule has 2 nitrogen and oxygen atoms in total. The smallest absolute Gasteiger partial charge is 0.127 e. The van der Waals surface area contributed by atoms with Crippen molar-refractivity contribution >= 4 is 0 Å². The molecule has 1 aliphatic rings. The van der Waals surface area contributed by atoms with Crippen molar-refractivity contribution in [1.82, 2.24) is 0 Å². The summed E-state index contributed by atoms with van der Waals surface area (Å²) < 4.78 is 19.2. The number of hydrogen-bond acceptors (Lipinski definition) is 2. The molecule has 0 saturated carbocycles. The fourth-order valence-corrected chi connectivity index (χ4v) is 2.70. The van der Waals surface area contributed by atoms with Crippen LogP contribution in [0.5, 0.6) is 5.75 Å². The van der Waals surface area contributed by atoms with Crippen molar-refractivity contribution in [3.63, 3.8) is 0 Å². The summed E-state index contributed by atoms with van der Waals surface area (Å²) in [5, 5.41) is 0. The minimum atomic E-state index is -0.278. The highest BCUT2D eigenvalue weighted by Gasteiger charge is 2.25. The van der Waals surface area contributed by atoms with Crippen molar-refractivity contribution in [2.24, 2.45) is 5.73 Å². The van der Waals surface area contributed by atoms with E-state index in [1.807, 2.05) is 18.2 Å². The van der Waals surface area contributed by atoms with Gasteiger partial charge < -0.3 is 10.5 Å². The molecule has 104 valence electrons. The van der Waals surface area contributed by atoms with Gasteiger partial charge in [-0.2, -0.15) is 0 Å². The molecule has 2 aromatic carbocycles. The Hall–Kier alpha value is -1.87. The third-order valence-corrected chi connectivity index (χ3v) is 3.78. The second-order valence-electron chi connectivity index (χ2n) is 5.29. The Bertz CT molecular complexity index is 585.